The number of halogens is 1. The summed E-state index contributed by atoms with van der Waals surface area (Å²) in [5.74, 6) is -1.33. The number of hydrogen-bond acceptors (Lipinski definition) is 9. The highest BCUT2D eigenvalue weighted by Gasteiger charge is 2.29. The van der Waals surface area contributed by atoms with Crippen LogP contribution in [0.4, 0.5) is 10.2 Å². The minimum Gasteiger partial charge on any atom is -0.463 e. The Morgan fingerprint density at radius 2 is 1.81 bits per heavy atom. The van der Waals surface area contributed by atoms with Crippen molar-refractivity contribution in [1.29, 1.82) is 0 Å². The molecule has 0 spiro atoms. The van der Waals surface area contributed by atoms with Gasteiger partial charge in [0.05, 0.1) is 37.4 Å². The molecule has 0 radical (unpaired) electrons. The van der Waals surface area contributed by atoms with Crippen LogP contribution in [0, 0.1) is 17.9 Å². The number of imidazole rings is 1. The third-order valence-corrected chi connectivity index (χ3v) is 4.58. The predicted octanol–water partition coefficient (Wildman–Crippen LogP) is 2.28. The second kappa shape index (κ2) is 11.0. The standard InChI is InChI=1S/C20H30FN5O5/c1-6-14(31-19(28)12(4)5)13(9-29-7-8-30-18(27)11(2)3)26-10-23-15-16(22)24-20(21)25-17(15)26/h10-14H,6-9H2,1-5H3,(H2,22,24,25)/t13-,14-/m1/s1. The second-order valence-corrected chi connectivity index (χ2v) is 7.70. The topological polar surface area (TPSA) is 131 Å². The smallest absolute Gasteiger partial charge is 0.312 e. The molecule has 0 bridgehead atoms. The Morgan fingerprint density at radius 3 is 2.42 bits per heavy atom. The Kier molecular flexibility index (Phi) is 8.66. The van der Waals surface area contributed by atoms with E-state index in [4.69, 9.17) is 19.9 Å². The molecule has 0 aromatic carbocycles. The fraction of sp³-hybridized carbons (Fsp3) is 0.650. The highest BCUT2D eigenvalue weighted by molar-refractivity contribution is 5.81. The summed E-state index contributed by atoms with van der Waals surface area (Å²) in [6.45, 7) is 9.12. The van der Waals surface area contributed by atoms with Crippen LogP contribution in [0.5, 0.6) is 0 Å². The van der Waals surface area contributed by atoms with E-state index >= 15 is 0 Å². The first-order valence-corrected chi connectivity index (χ1v) is 10.3. The first-order chi connectivity index (χ1) is 14.6. The largest absolute Gasteiger partial charge is 0.463 e. The molecule has 2 heterocycles. The minimum absolute atomic E-state index is 0.0834. The van der Waals surface area contributed by atoms with E-state index in [0.717, 1.165) is 0 Å². The number of carbonyl (C=O) groups excluding carboxylic acids is 2. The molecular formula is C20H30FN5O5. The van der Waals surface area contributed by atoms with Gasteiger partial charge in [-0.05, 0) is 6.42 Å². The first-order valence-electron chi connectivity index (χ1n) is 10.3. The minimum atomic E-state index is -0.987. The number of esters is 2. The maximum Gasteiger partial charge on any atom is 0.312 e. The maximum atomic E-state index is 13.8. The van der Waals surface area contributed by atoms with Crippen LogP contribution < -0.4 is 5.73 Å². The molecular weight excluding hydrogens is 409 g/mol. The van der Waals surface area contributed by atoms with E-state index in [1.807, 2.05) is 6.92 Å². The molecule has 0 saturated carbocycles. The van der Waals surface area contributed by atoms with E-state index in [2.05, 4.69) is 15.0 Å². The zero-order chi connectivity index (χ0) is 23.1. The van der Waals surface area contributed by atoms with Gasteiger partial charge in [-0.3, -0.25) is 9.59 Å². The van der Waals surface area contributed by atoms with Gasteiger partial charge in [0.25, 0.3) is 0 Å². The highest BCUT2D eigenvalue weighted by Crippen LogP contribution is 2.25. The number of carbonyl (C=O) groups is 2. The first kappa shape index (κ1) is 24.4. The molecule has 2 N–H and O–H groups in total. The summed E-state index contributed by atoms with van der Waals surface area (Å²) < 4.78 is 31.8. The Hall–Kier alpha value is -2.82. The van der Waals surface area contributed by atoms with E-state index in [-0.39, 0.29) is 60.6 Å². The van der Waals surface area contributed by atoms with Gasteiger partial charge >= 0.3 is 18.0 Å². The van der Waals surface area contributed by atoms with Crippen molar-refractivity contribution >= 4 is 28.9 Å². The van der Waals surface area contributed by atoms with Crippen molar-refractivity contribution in [3.05, 3.63) is 12.4 Å². The molecule has 2 aromatic heterocycles. The van der Waals surface area contributed by atoms with E-state index in [1.165, 1.54) is 6.33 Å². The summed E-state index contributed by atoms with van der Waals surface area (Å²) in [4.78, 5) is 35.3. The molecule has 0 fully saturated rings. The number of nitrogen functional groups attached to an aromatic ring is 1. The van der Waals surface area contributed by atoms with Gasteiger partial charge in [0.15, 0.2) is 11.5 Å². The Morgan fingerprint density at radius 1 is 1.13 bits per heavy atom. The van der Waals surface area contributed by atoms with Crippen LogP contribution in [-0.2, 0) is 23.8 Å². The summed E-state index contributed by atoms with van der Waals surface area (Å²) in [6, 6.07) is -0.563. The molecule has 0 aliphatic heterocycles. The van der Waals surface area contributed by atoms with Gasteiger partial charge in [-0.1, -0.05) is 34.6 Å². The van der Waals surface area contributed by atoms with Crippen molar-refractivity contribution in [2.24, 2.45) is 11.8 Å². The number of rotatable bonds is 11. The van der Waals surface area contributed by atoms with E-state index in [0.29, 0.717) is 6.42 Å². The second-order valence-electron chi connectivity index (χ2n) is 7.70. The lowest BCUT2D eigenvalue weighted by Gasteiger charge is -2.28. The summed E-state index contributed by atoms with van der Waals surface area (Å²) in [5.41, 5.74) is 6.17. The third-order valence-electron chi connectivity index (χ3n) is 4.58. The molecule has 0 aliphatic rings. The Bertz CT molecular complexity index is 901. The van der Waals surface area contributed by atoms with Crippen LogP contribution in [0.1, 0.15) is 47.1 Å². The molecule has 2 atom stereocenters. The maximum absolute atomic E-state index is 13.8. The van der Waals surface area contributed by atoms with Crippen molar-refractivity contribution in [2.75, 3.05) is 25.6 Å². The lowest BCUT2D eigenvalue weighted by atomic mass is 10.1. The van der Waals surface area contributed by atoms with Crippen LogP contribution in [-0.4, -0.2) is 57.4 Å². The molecule has 0 amide bonds. The Balaban J connectivity index is 2.24. The van der Waals surface area contributed by atoms with Crippen molar-refractivity contribution in [3.63, 3.8) is 0 Å². The van der Waals surface area contributed by atoms with Crippen LogP contribution in [0.25, 0.3) is 11.2 Å². The molecule has 0 saturated heterocycles. The quantitative estimate of drug-likeness (QED) is 0.318. The average molecular weight is 439 g/mol. The van der Waals surface area contributed by atoms with Crippen LogP contribution in [0.15, 0.2) is 6.33 Å². The molecule has 2 rings (SSSR count). The molecule has 31 heavy (non-hydrogen) atoms. The van der Waals surface area contributed by atoms with Crippen molar-refractivity contribution in [3.8, 4) is 0 Å². The zero-order valence-electron chi connectivity index (χ0n) is 18.5. The average Bonchev–Trinajstić information content (AvgIpc) is 3.12. The number of nitrogens with two attached hydrogens (primary N) is 1. The number of aromatic nitrogens is 4. The molecule has 0 unspecified atom stereocenters. The molecule has 10 nitrogen and oxygen atoms in total. The van der Waals surface area contributed by atoms with Crippen molar-refractivity contribution in [2.45, 2.75) is 53.2 Å². The molecule has 2 aromatic rings. The third kappa shape index (κ3) is 6.33. The monoisotopic (exact) mass is 439 g/mol. The lowest BCUT2D eigenvalue weighted by Crippen LogP contribution is -2.33. The van der Waals surface area contributed by atoms with Crippen LogP contribution in [0.2, 0.25) is 0 Å². The van der Waals surface area contributed by atoms with Crippen molar-refractivity contribution < 1.29 is 28.2 Å². The van der Waals surface area contributed by atoms with Gasteiger partial charge in [0.2, 0.25) is 0 Å². The van der Waals surface area contributed by atoms with Gasteiger partial charge in [-0.25, -0.2) is 4.98 Å². The van der Waals surface area contributed by atoms with Crippen LogP contribution in [0.3, 0.4) is 0 Å². The normalized spacial score (nSPS) is 13.5. The fourth-order valence-electron chi connectivity index (χ4n) is 2.81. The SMILES string of the molecule is CC[C@@H](OC(=O)C(C)C)[C@@H](COCCOC(=O)C(C)C)n1cnc2c(N)nc(F)nc21. The molecule has 0 aliphatic carbocycles. The molecule has 172 valence electrons. The lowest BCUT2D eigenvalue weighted by molar-refractivity contribution is -0.157. The number of ether oxygens (including phenoxy) is 3. The summed E-state index contributed by atoms with van der Waals surface area (Å²) in [6.07, 6.45) is 0.328. The summed E-state index contributed by atoms with van der Waals surface area (Å²) >= 11 is 0. The van der Waals surface area contributed by atoms with Crippen molar-refractivity contribution in [1.82, 2.24) is 19.5 Å². The van der Waals surface area contributed by atoms with E-state index in [1.54, 1.807) is 32.3 Å². The highest BCUT2D eigenvalue weighted by atomic mass is 19.1. The van der Waals surface area contributed by atoms with E-state index in [9.17, 15) is 14.0 Å². The van der Waals surface area contributed by atoms with Gasteiger partial charge in [0, 0.05) is 0 Å². The summed E-state index contributed by atoms with van der Waals surface area (Å²) in [7, 11) is 0. The van der Waals surface area contributed by atoms with E-state index < -0.39 is 18.2 Å². The van der Waals surface area contributed by atoms with Gasteiger partial charge < -0.3 is 24.5 Å². The summed E-state index contributed by atoms with van der Waals surface area (Å²) in [5, 5.41) is 0. The molecule has 11 heteroatoms. The fourth-order valence-corrected chi connectivity index (χ4v) is 2.81. The van der Waals surface area contributed by atoms with Gasteiger partial charge in [-0.2, -0.15) is 14.4 Å². The Labute approximate surface area is 180 Å². The van der Waals surface area contributed by atoms with Crippen LogP contribution >= 0.6 is 0 Å². The number of nitrogens with zero attached hydrogens (tertiary/aromatic N) is 4. The van der Waals surface area contributed by atoms with Gasteiger partial charge in [0.1, 0.15) is 18.2 Å². The zero-order valence-corrected chi connectivity index (χ0v) is 18.5. The number of anilines is 1. The van der Waals surface area contributed by atoms with Gasteiger partial charge in [-0.15, -0.1) is 0 Å². The predicted molar refractivity (Wildman–Crippen MR) is 110 cm³/mol. The number of hydrogen-bond donors (Lipinski definition) is 1. The number of fused-ring (bicyclic) bond motifs is 1.